The van der Waals surface area contributed by atoms with Crippen LogP contribution in [0.5, 0.6) is 0 Å². The molecular weight excluding hydrogens is 462 g/mol. The zero-order valence-electron chi connectivity index (χ0n) is 20.2. The number of rotatable bonds is 10. The van der Waals surface area contributed by atoms with Crippen LogP contribution in [0, 0.1) is 0 Å². The number of nitrogens with one attached hydrogen (secondary N) is 2. The van der Waals surface area contributed by atoms with E-state index in [9.17, 15) is 19.5 Å². The van der Waals surface area contributed by atoms with Crippen LogP contribution in [0.25, 0.3) is 0 Å². The molecular formula is C26H33N5O5. The van der Waals surface area contributed by atoms with Gasteiger partial charge in [-0.2, -0.15) is 0 Å². The fourth-order valence-corrected chi connectivity index (χ4v) is 4.00. The fraction of sp³-hybridized carbons (Fsp3) is 0.423. The predicted octanol–water partition coefficient (Wildman–Crippen LogP) is 2.42. The van der Waals surface area contributed by atoms with Gasteiger partial charge in [-0.1, -0.05) is 24.3 Å². The van der Waals surface area contributed by atoms with E-state index in [0.717, 1.165) is 50.2 Å². The molecule has 10 nitrogen and oxygen atoms in total. The Kier molecular flexibility index (Phi) is 9.93. The SMILES string of the molecule is NC(=O)C1=Nc2ccccc2C1O.O=C(O)CCCNC(=O)CCCCc1ccc2c(n1)NCCC2. The van der Waals surface area contributed by atoms with Crippen molar-refractivity contribution in [1.29, 1.82) is 0 Å². The van der Waals surface area contributed by atoms with E-state index in [1.165, 1.54) is 5.56 Å². The Bertz CT molecular complexity index is 1120. The van der Waals surface area contributed by atoms with Gasteiger partial charge in [0.15, 0.2) is 0 Å². The van der Waals surface area contributed by atoms with Gasteiger partial charge in [-0.15, -0.1) is 0 Å². The summed E-state index contributed by atoms with van der Waals surface area (Å²) in [5.41, 5.74) is 8.66. The van der Waals surface area contributed by atoms with Gasteiger partial charge < -0.3 is 26.6 Å². The van der Waals surface area contributed by atoms with Gasteiger partial charge in [0, 0.05) is 37.2 Å². The lowest BCUT2D eigenvalue weighted by molar-refractivity contribution is -0.137. The first-order valence-corrected chi connectivity index (χ1v) is 12.2. The van der Waals surface area contributed by atoms with Gasteiger partial charge in [0.1, 0.15) is 17.6 Å². The maximum Gasteiger partial charge on any atom is 0.303 e. The van der Waals surface area contributed by atoms with Crippen molar-refractivity contribution in [2.45, 2.75) is 57.5 Å². The molecule has 36 heavy (non-hydrogen) atoms. The monoisotopic (exact) mass is 495 g/mol. The minimum atomic E-state index is -0.964. The summed E-state index contributed by atoms with van der Waals surface area (Å²) in [6.07, 6.45) is 4.97. The number of para-hydroxylation sites is 1. The third-order valence-electron chi connectivity index (χ3n) is 5.91. The highest BCUT2D eigenvalue weighted by Crippen LogP contribution is 2.33. The number of hydrogen-bond donors (Lipinski definition) is 5. The quantitative estimate of drug-likeness (QED) is 0.315. The molecule has 3 heterocycles. The first kappa shape index (κ1) is 26.8. The van der Waals surface area contributed by atoms with Crippen molar-refractivity contribution in [3.8, 4) is 0 Å². The number of aliphatic imine (C=N–C) groups is 1. The number of carbonyl (C=O) groups excluding carboxylic acids is 2. The number of aliphatic hydroxyl groups excluding tert-OH is 1. The summed E-state index contributed by atoms with van der Waals surface area (Å²) in [5.74, 6) is -0.490. The first-order chi connectivity index (χ1) is 17.3. The number of amides is 2. The van der Waals surface area contributed by atoms with E-state index in [0.29, 0.717) is 30.6 Å². The standard InChI is InChI=1S/C17H25N3O3.C9H8N2O2/c21-15(18-11-4-8-16(22)23)7-2-1-6-14-10-9-13-5-3-12-19-17(13)20-14;10-9(13)7-8(12)5-3-1-2-4-6(5)11-7/h9-10H,1-8,11-12H2,(H,18,21)(H,19,20)(H,22,23);1-4,8,12H,(H2,10,13). The molecule has 6 N–H and O–H groups in total. The third-order valence-corrected chi connectivity index (χ3v) is 5.91. The molecule has 2 aliphatic heterocycles. The average molecular weight is 496 g/mol. The summed E-state index contributed by atoms with van der Waals surface area (Å²) in [5, 5.41) is 24.2. The number of benzene rings is 1. The molecule has 1 aromatic heterocycles. The Morgan fingerprint density at radius 3 is 2.64 bits per heavy atom. The van der Waals surface area contributed by atoms with Crippen LogP contribution in [0.4, 0.5) is 11.5 Å². The zero-order chi connectivity index (χ0) is 25.9. The van der Waals surface area contributed by atoms with Crippen LogP contribution in [-0.4, -0.2) is 51.8 Å². The molecule has 1 aromatic carbocycles. The number of pyridine rings is 1. The molecule has 0 saturated heterocycles. The van der Waals surface area contributed by atoms with Gasteiger partial charge in [0.2, 0.25) is 5.91 Å². The van der Waals surface area contributed by atoms with E-state index in [1.54, 1.807) is 24.3 Å². The summed E-state index contributed by atoms with van der Waals surface area (Å²) in [6, 6.07) is 11.3. The van der Waals surface area contributed by atoms with Crippen molar-refractivity contribution in [2.24, 2.45) is 10.7 Å². The number of hydrogen-bond acceptors (Lipinski definition) is 7. The van der Waals surface area contributed by atoms with Gasteiger partial charge in [-0.25, -0.2) is 9.98 Å². The maximum absolute atomic E-state index is 11.6. The van der Waals surface area contributed by atoms with E-state index < -0.39 is 18.0 Å². The molecule has 1 unspecified atom stereocenters. The van der Waals surface area contributed by atoms with Gasteiger partial charge >= 0.3 is 5.97 Å². The van der Waals surface area contributed by atoms with Crippen LogP contribution in [0.2, 0.25) is 0 Å². The second-order valence-electron chi connectivity index (χ2n) is 8.72. The molecule has 0 spiro atoms. The summed E-state index contributed by atoms with van der Waals surface area (Å²) < 4.78 is 0. The molecule has 192 valence electrons. The second-order valence-corrected chi connectivity index (χ2v) is 8.72. The number of carbonyl (C=O) groups is 3. The highest BCUT2D eigenvalue weighted by molar-refractivity contribution is 6.41. The van der Waals surface area contributed by atoms with E-state index in [-0.39, 0.29) is 18.0 Å². The minimum absolute atomic E-state index is 0.00421. The first-order valence-electron chi connectivity index (χ1n) is 12.2. The van der Waals surface area contributed by atoms with Crippen LogP contribution in [0.1, 0.15) is 61.4 Å². The molecule has 4 rings (SSSR count). The summed E-state index contributed by atoms with van der Waals surface area (Å²) >= 11 is 0. The number of unbranched alkanes of at least 4 members (excludes halogenated alkanes) is 1. The van der Waals surface area contributed by atoms with E-state index >= 15 is 0 Å². The molecule has 0 fully saturated rings. The summed E-state index contributed by atoms with van der Waals surface area (Å²) in [4.78, 5) is 41.3. The van der Waals surface area contributed by atoms with Crippen LogP contribution in [0.15, 0.2) is 41.4 Å². The highest BCUT2D eigenvalue weighted by Gasteiger charge is 2.28. The van der Waals surface area contributed by atoms with Crippen molar-refractivity contribution in [3.63, 3.8) is 0 Å². The van der Waals surface area contributed by atoms with Gasteiger partial charge in [0.25, 0.3) is 5.91 Å². The number of carboxylic acid groups (broad SMARTS) is 1. The number of aliphatic carboxylic acids is 1. The third kappa shape index (κ3) is 7.88. The van der Waals surface area contributed by atoms with E-state index in [2.05, 4.69) is 32.7 Å². The Labute approximate surface area is 210 Å². The van der Waals surface area contributed by atoms with Crippen molar-refractivity contribution in [1.82, 2.24) is 10.3 Å². The molecule has 0 bridgehead atoms. The number of nitrogens with two attached hydrogens (primary N) is 1. The molecule has 2 amide bonds. The number of aryl methyl sites for hydroxylation is 2. The Morgan fingerprint density at radius 2 is 1.89 bits per heavy atom. The zero-order valence-corrected chi connectivity index (χ0v) is 20.2. The lowest BCUT2D eigenvalue weighted by atomic mass is 10.1. The van der Waals surface area contributed by atoms with Crippen LogP contribution in [-0.2, 0) is 27.2 Å². The molecule has 0 saturated carbocycles. The van der Waals surface area contributed by atoms with E-state index in [1.807, 2.05) is 0 Å². The predicted molar refractivity (Wildman–Crippen MR) is 136 cm³/mol. The number of carboxylic acids is 1. The highest BCUT2D eigenvalue weighted by atomic mass is 16.4. The fourth-order valence-electron chi connectivity index (χ4n) is 4.00. The Balaban J connectivity index is 0.000000233. The lowest BCUT2D eigenvalue weighted by Crippen LogP contribution is -2.26. The number of aliphatic hydroxyl groups is 1. The van der Waals surface area contributed by atoms with E-state index in [4.69, 9.17) is 10.8 Å². The molecule has 0 aliphatic carbocycles. The number of primary amides is 1. The largest absolute Gasteiger partial charge is 0.481 e. The Hall–Kier alpha value is -3.79. The summed E-state index contributed by atoms with van der Waals surface area (Å²) in [6.45, 7) is 1.43. The van der Waals surface area contributed by atoms with Crippen LogP contribution >= 0.6 is 0 Å². The molecule has 0 radical (unpaired) electrons. The number of aromatic nitrogens is 1. The average Bonchev–Trinajstić information content (AvgIpc) is 3.21. The maximum atomic E-state index is 11.6. The van der Waals surface area contributed by atoms with Crippen LogP contribution < -0.4 is 16.4 Å². The second kappa shape index (κ2) is 13.3. The van der Waals surface area contributed by atoms with Crippen LogP contribution in [0.3, 0.4) is 0 Å². The Morgan fingerprint density at radius 1 is 1.08 bits per heavy atom. The van der Waals surface area contributed by atoms with Crippen molar-refractivity contribution in [3.05, 3.63) is 53.2 Å². The lowest BCUT2D eigenvalue weighted by Gasteiger charge is -2.17. The van der Waals surface area contributed by atoms with Gasteiger partial charge in [0.05, 0.1) is 5.69 Å². The molecule has 10 heteroatoms. The normalized spacial score (nSPS) is 15.4. The smallest absolute Gasteiger partial charge is 0.303 e. The van der Waals surface area contributed by atoms with Crippen molar-refractivity contribution >= 4 is 35.0 Å². The molecule has 2 aromatic rings. The van der Waals surface area contributed by atoms with Crippen molar-refractivity contribution < 1.29 is 24.6 Å². The minimum Gasteiger partial charge on any atom is -0.481 e. The van der Waals surface area contributed by atoms with Gasteiger partial charge in [-0.3, -0.25) is 14.4 Å². The van der Waals surface area contributed by atoms with Gasteiger partial charge in [-0.05, 0) is 56.2 Å². The number of fused-ring (bicyclic) bond motifs is 2. The molecule has 2 aliphatic rings. The van der Waals surface area contributed by atoms with Crippen molar-refractivity contribution in [2.75, 3.05) is 18.4 Å². The number of anilines is 1. The summed E-state index contributed by atoms with van der Waals surface area (Å²) in [7, 11) is 0. The topological polar surface area (TPSA) is 167 Å². The molecule has 1 atom stereocenters. The number of nitrogens with zero attached hydrogens (tertiary/aromatic N) is 2.